The number of nitrogens with zero attached hydrogens (tertiary/aromatic N) is 2. The van der Waals surface area contributed by atoms with E-state index in [0.717, 1.165) is 23.7 Å². The SMILES string of the molecule is CCNc1cc(C)ncc1C(=O)NCc1ncc(C)o1. The molecule has 0 fully saturated rings. The standard InChI is InChI=1S/C14H18N4O2/c1-4-15-12-5-9(2)16-7-11(12)14(19)18-8-13-17-6-10(3)20-13/h5-7H,4,8H2,1-3H3,(H,15,16)(H,18,19). The van der Waals surface area contributed by atoms with E-state index in [2.05, 4.69) is 20.6 Å². The van der Waals surface area contributed by atoms with Gasteiger partial charge in [-0.15, -0.1) is 0 Å². The van der Waals surface area contributed by atoms with Gasteiger partial charge in [-0.2, -0.15) is 0 Å². The molecular weight excluding hydrogens is 256 g/mol. The molecule has 0 aliphatic heterocycles. The lowest BCUT2D eigenvalue weighted by Gasteiger charge is -2.10. The zero-order chi connectivity index (χ0) is 14.5. The minimum atomic E-state index is -0.204. The molecule has 2 rings (SSSR count). The molecule has 0 bridgehead atoms. The molecule has 106 valence electrons. The van der Waals surface area contributed by atoms with E-state index in [-0.39, 0.29) is 12.5 Å². The van der Waals surface area contributed by atoms with Crippen LogP contribution in [0, 0.1) is 13.8 Å². The second-order valence-electron chi connectivity index (χ2n) is 4.45. The van der Waals surface area contributed by atoms with E-state index >= 15 is 0 Å². The molecule has 20 heavy (non-hydrogen) atoms. The Morgan fingerprint density at radius 2 is 2.10 bits per heavy atom. The lowest BCUT2D eigenvalue weighted by molar-refractivity contribution is 0.0947. The van der Waals surface area contributed by atoms with Crippen LogP contribution in [0.3, 0.4) is 0 Å². The summed E-state index contributed by atoms with van der Waals surface area (Å²) in [5, 5.41) is 5.93. The van der Waals surface area contributed by atoms with Gasteiger partial charge in [-0.25, -0.2) is 4.98 Å². The largest absolute Gasteiger partial charge is 0.444 e. The van der Waals surface area contributed by atoms with Crippen molar-refractivity contribution in [3.05, 3.63) is 41.4 Å². The van der Waals surface area contributed by atoms with Crippen molar-refractivity contribution >= 4 is 11.6 Å². The fourth-order valence-corrected chi connectivity index (χ4v) is 1.81. The van der Waals surface area contributed by atoms with E-state index < -0.39 is 0 Å². The highest BCUT2D eigenvalue weighted by Gasteiger charge is 2.12. The smallest absolute Gasteiger partial charge is 0.255 e. The highest BCUT2D eigenvalue weighted by molar-refractivity contribution is 5.99. The van der Waals surface area contributed by atoms with Crippen LogP contribution in [-0.2, 0) is 6.54 Å². The Morgan fingerprint density at radius 1 is 1.30 bits per heavy atom. The van der Waals surface area contributed by atoms with Gasteiger partial charge >= 0.3 is 0 Å². The van der Waals surface area contributed by atoms with Gasteiger partial charge in [0.05, 0.1) is 24.0 Å². The van der Waals surface area contributed by atoms with Crippen molar-refractivity contribution in [3.63, 3.8) is 0 Å². The molecule has 2 N–H and O–H groups in total. The molecule has 0 aliphatic carbocycles. The second kappa shape index (κ2) is 6.18. The molecule has 6 nitrogen and oxygen atoms in total. The van der Waals surface area contributed by atoms with Crippen LogP contribution in [0.2, 0.25) is 0 Å². The van der Waals surface area contributed by atoms with Gasteiger partial charge in [0.2, 0.25) is 5.89 Å². The predicted octanol–water partition coefficient (Wildman–Crippen LogP) is 2.05. The van der Waals surface area contributed by atoms with Gasteiger partial charge in [0.15, 0.2) is 0 Å². The van der Waals surface area contributed by atoms with E-state index in [4.69, 9.17) is 4.42 Å². The maximum atomic E-state index is 12.2. The molecular formula is C14H18N4O2. The molecule has 0 saturated heterocycles. The monoisotopic (exact) mass is 274 g/mol. The van der Waals surface area contributed by atoms with Gasteiger partial charge in [0.25, 0.3) is 5.91 Å². The lowest BCUT2D eigenvalue weighted by Crippen LogP contribution is -2.24. The second-order valence-corrected chi connectivity index (χ2v) is 4.45. The summed E-state index contributed by atoms with van der Waals surface area (Å²) in [5.74, 6) is 1.00. The van der Waals surface area contributed by atoms with Crippen LogP contribution < -0.4 is 10.6 Å². The van der Waals surface area contributed by atoms with E-state index in [1.807, 2.05) is 26.8 Å². The first-order valence-corrected chi connectivity index (χ1v) is 6.50. The molecule has 0 radical (unpaired) electrons. The maximum absolute atomic E-state index is 12.2. The summed E-state index contributed by atoms with van der Waals surface area (Å²) in [4.78, 5) is 20.4. The third-order valence-electron chi connectivity index (χ3n) is 2.72. The van der Waals surface area contributed by atoms with Crippen molar-refractivity contribution in [2.45, 2.75) is 27.3 Å². The van der Waals surface area contributed by atoms with Crippen LogP contribution in [0.5, 0.6) is 0 Å². The molecule has 2 aromatic heterocycles. The van der Waals surface area contributed by atoms with E-state index in [1.54, 1.807) is 12.4 Å². The average molecular weight is 274 g/mol. The first kappa shape index (κ1) is 14.0. The minimum absolute atomic E-state index is 0.204. The van der Waals surface area contributed by atoms with Crippen LogP contribution in [0.1, 0.15) is 34.6 Å². The third kappa shape index (κ3) is 3.34. The number of oxazole rings is 1. The number of rotatable bonds is 5. The fraction of sp³-hybridized carbons (Fsp3) is 0.357. The minimum Gasteiger partial charge on any atom is -0.444 e. The Morgan fingerprint density at radius 3 is 2.75 bits per heavy atom. The summed E-state index contributed by atoms with van der Waals surface area (Å²) in [7, 11) is 0. The Bertz CT molecular complexity index is 607. The Hall–Kier alpha value is -2.37. The third-order valence-corrected chi connectivity index (χ3v) is 2.72. The number of nitrogens with one attached hydrogen (secondary N) is 2. The predicted molar refractivity (Wildman–Crippen MR) is 75.5 cm³/mol. The molecule has 0 saturated carbocycles. The molecule has 0 aliphatic rings. The van der Waals surface area contributed by atoms with Crippen LogP contribution in [0.4, 0.5) is 5.69 Å². The van der Waals surface area contributed by atoms with Crippen molar-refractivity contribution in [1.82, 2.24) is 15.3 Å². The first-order valence-electron chi connectivity index (χ1n) is 6.50. The summed E-state index contributed by atoms with van der Waals surface area (Å²) >= 11 is 0. The molecule has 6 heteroatoms. The number of anilines is 1. The lowest BCUT2D eigenvalue weighted by atomic mass is 10.2. The van der Waals surface area contributed by atoms with Crippen molar-refractivity contribution < 1.29 is 9.21 Å². The maximum Gasteiger partial charge on any atom is 0.255 e. The molecule has 0 spiro atoms. The van der Waals surface area contributed by atoms with Crippen molar-refractivity contribution in [2.75, 3.05) is 11.9 Å². The highest BCUT2D eigenvalue weighted by atomic mass is 16.4. The summed E-state index contributed by atoms with van der Waals surface area (Å²) in [6.45, 7) is 6.67. The first-order chi connectivity index (χ1) is 9.60. The number of pyridine rings is 1. The van der Waals surface area contributed by atoms with Crippen LogP contribution in [-0.4, -0.2) is 22.4 Å². The van der Waals surface area contributed by atoms with Crippen LogP contribution in [0.25, 0.3) is 0 Å². The van der Waals surface area contributed by atoms with Gasteiger partial charge in [0.1, 0.15) is 5.76 Å². The zero-order valence-corrected chi connectivity index (χ0v) is 11.9. The fourth-order valence-electron chi connectivity index (χ4n) is 1.81. The van der Waals surface area contributed by atoms with Crippen molar-refractivity contribution in [1.29, 1.82) is 0 Å². The summed E-state index contributed by atoms with van der Waals surface area (Å²) in [5.41, 5.74) is 2.16. The van der Waals surface area contributed by atoms with Gasteiger partial charge in [-0.05, 0) is 26.8 Å². The molecule has 0 unspecified atom stereocenters. The molecule has 0 aromatic carbocycles. The average Bonchev–Trinajstić information content (AvgIpc) is 2.82. The van der Waals surface area contributed by atoms with Crippen molar-refractivity contribution in [3.8, 4) is 0 Å². The Kier molecular flexibility index (Phi) is 4.34. The molecule has 2 heterocycles. The van der Waals surface area contributed by atoms with Crippen LogP contribution in [0.15, 0.2) is 22.9 Å². The number of carbonyl (C=O) groups excluding carboxylic acids is 1. The van der Waals surface area contributed by atoms with Gasteiger partial charge in [0, 0.05) is 18.4 Å². The molecule has 1 amide bonds. The Balaban J connectivity index is 2.08. The van der Waals surface area contributed by atoms with E-state index in [0.29, 0.717) is 11.5 Å². The quantitative estimate of drug-likeness (QED) is 0.872. The summed E-state index contributed by atoms with van der Waals surface area (Å²) in [6.07, 6.45) is 3.20. The normalized spacial score (nSPS) is 10.3. The van der Waals surface area contributed by atoms with Gasteiger partial charge in [-0.1, -0.05) is 0 Å². The molecule has 0 atom stereocenters. The number of carbonyl (C=O) groups is 1. The summed E-state index contributed by atoms with van der Waals surface area (Å²) < 4.78 is 5.31. The topological polar surface area (TPSA) is 80.0 Å². The zero-order valence-electron chi connectivity index (χ0n) is 11.9. The van der Waals surface area contributed by atoms with Crippen LogP contribution >= 0.6 is 0 Å². The number of aromatic nitrogens is 2. The van der Waals surface area contributed by atoms with Crippen molar-refractivity contribution in [2.24, 2.45) is 0 Å². The van der Waals surface area contributed by atoms with E-state index in [9.17, 15) is 4.79 Å². The summed E-state index contributed by atoms with van der Waals surface area (Å²) in [6, 6.07) is 1.85. The number of hydrogen-bond donors (Lipinski definition) is 2. The molecule has 2 aromatic rings. The highest BCUT2D eigenvalue weighted by Crippen LogP contribution is 2.15. The number of amides is 1. The van der Waals surface area contributed by atoms with Gasteiger partial charge < -0.3 is 15.1 Å². The van der Waals surface area contributed by atoms with E-state index in [1.165, 1.54) is 0 Å². The number of hydrogen-bond acceptors (Lipinski definition) is 5. The van der Waals surface area contributed by atoms with Gasteiger partial charge in [-0.3, -0.25) is 9.78 Å². The Labute approximate surface area is 117 Å². The number of aryl methyl sites for hydroxylation is 2.